The zero-order valence-corrected chi connectivity index (χ0v) is 17.1. The predicted molar refractivity (Wildman–Crippen MR) is 108 cm³/mol. The van der Waals surface area contributed by atoms with Gasteiger partial charge in [0.05, 0.1) is 24.3 Å². The van der Waals surface area contributed by atoms with Gasteiger partial charge >= 0.3 is 0 Å². The van der Waals surface area contributed by atoms with Crippen molar-refractivity contribution < 1.29 is 9.47 Å². The fourth-order valence-electron chi connectivity index (χ4n) is 3.44. The molecule has 1 fully saturated rings. The Hall–Kier alpha value is -1.76. The quantitative estimate of drug-likeness (QED) is 0.746. The van der Waals surface area contributed by atoms with Crippen molar-refractivity contribution in [3.8, 4) is 11.5 Å². The van der Waals surface area contributed by atoms with Crippen LogP contribution in [-0.2, 0) is 13.6 Å². The van der Waals surface area contributed by atoms with E-state index in [0.717, 1.165) is 49.7 Å². The molecule has 0 amide bonds. The summed E-state index contributed by atoms with van der Waals surface area (Å²) in [5.41, 5.74) is 1.12. The van der Waals surface area contributed by atoms with E-state index in [-0.39, 0.29) is 6.04 Å². The average Bonchev–Trinajstić information content (AvgIpc) is 3.08. The highest BCUT2D eigenvalue weighted by atomic mass is 35.5. The Bertz CT molecular complexity index is 750. The third-order valence-corrected chi connectivity index (χ3v) is 5.00. The van der Waals surface area contributed by atoms with Crippen LogP contribution in [0.15, 0.2) is 24.5 Å². The molecule has 6 nitrogen and oxygen atoms in total. The molecule has 1 unspecified atom stereocenters. The van der Waals surface area contributed by atoms with Gasteiger partial charge in [0, 0.05) is 45.6 Å². The first kappa shape index (κ1) is 20.0. The highest BCUT2D eigenvalue weighted by Gasteiger charge is 2.27. The highest BCUT2D eigenvalue weighted by Crippen LogP contribution is 2.37. The van der Waals surface area contributed by atoms with E-state index < -0.39 is 0 Å². The Morgan fingerprint density at radius 3 is 2.85 bits per heavy atom. The minimum absolute atomic E-state index is 0.226. The molecule has 2 heterocycles. The van der Waals surface area contributed by atoms with E-state index in [1.807, 2.05) is 32.4 Å². The molecule has 0 aliphatic carbocycles. The molecule has 0 bridgehead atoms. The van der Waals surface area contributed by atoms with Crippen molar-refractivity contribution in [3.63, 3.8) is 0 Å². The van der Waals surface area contributed by atoms with Crippen LogP contribution < -0.4 is 14.8 Å². The first-order valence-corrected chi connectivity index (χ1v) is 10.0. The lowest BCUT2D eigenvalue weighted by atomic mass is 10.1. The zero-order valence-electron chi connectivity index (χ0n) is 16.4. The number of rotatable bonds is 8. The molecule has 7 heteroatoms. The van der Waals surface area contributed by atoms with Crippen LogP contribution in [0.1, 0.15) is 37.7 Å². The fourth-order valence-corrected chi connectivity index (χ4v) is 3.73. The highest BCUT2D eigenvalue weighted by molar-refractivity contribution is 6.32. The lowest BCUT2D eigenvalue weighted by Gasteiger charge is -2.35. The third-order valence-electron chi connectivity index (χ3n) is 4.72. The number of hydrogen-bond acceptors (Lipinski definition) is 5. The molecule has 1 aromatic carbocycles. The minimum Gasteiger partial charge on any atom is -0.490 e. The molecule has 3 rings (SSSR count). The number of aryl methyl sites for hydroxylation is 1. The number of ether oxygens (including phenoxy) is 2. The summed E-state index contributed by atoms with van der Waals surface area (Å²) in [7, 11) is 2.04. The van der Waals surface area contributed by atoms with Gasteiger partial charge in [0.1, 0.15) is 5.82 Å². The Morgan fingerprint density at radius 2 is 2.15 bits per heavy atom. The van der Waals surface area contributed by atoms with E-state index in [9.17, 15) is 0 Å². The molecule has 1 aliphatic rings. The molecular formula is C20H29ClN4O2. The SMILES string of the molecule is CCCOc1c(Cl)cc(CN2CCNCC2c2nccn2C)cc1OCC. The molecule has 27 heavy (non-hydrogen) atoms. The zero-order chi connectivity index (χ0) is 19.2. The largest absolute Gasteiger partial charge is 0.490 e. The topological polar surface area (TPSA) is 51.5 Å². The molecule has 1 saturated heterocycles. The first-order valence-electron chi connectivity index (χ1n) is 9.64. The Balaban J connectivity index is 1.83. The van der Waals surface area contributed by atoms with Gasteiger partial charge in [-0.25, -0.2) is 4.98 Å². The van der Waals surface area contributed by atoms with Crippen LogP contribution in [0.4, 0.5) is 0 Å². The van der Waals surface area contributed by atoms with Gasteiger partial charge in [-0.15, -0.1) is 0 Å². The third kappa shape index (κ3) is 4.75. The minimum atomic E-state index is 0.226. The second-order valence-corrected chi connectivity index (χ2v) is 7.18. The molecular weight excluding hydrogens is 364 g/mol. The van der Waals surface area contributed by atoms with Crippen LogP contribution in [0.2, 0.25) is 5.02 Å². The van der Waals surface area contributed by atoms with Gasteiger partial charge in [-0.05, 0) is 31.0 Å². The Labute approximate surface area is 166 Å². The molecule has 2 aromatic rings. The molecule has 1 atom stereocenters. The normalized spacial score (nSPS) is 17.9. The number of aromatic nitrogens is 2. The van der Waals surface area contributed by atoms with Crippen LogP contribution in [0.25, 0.3) is 0 Å². The number of halogens is 1. The van der Waals surface area contributed by atoms with Crippen molar-refractivity contribution >= 4 is 11.6 Å². The maximum absolute atomic E-state index is 6.53. The molecule has 1 aliphatic heterocycles. The van der Waals surface area contributed by atoms with Gasteiger partial charge in [-0.3, -0.25) is 4.90 Å². The van der Waals surface area contributed by atoms with E-state index in [4.69, 9.17) is 21.1 Å². The van der Waals surface area contributed by atoms with Gasteiger partial charge in [0.15, 0.2) is 11.5 Å². The second-order valence-electron chi connectivity index (χ2n) is 6.77. The monoisotopic (exact) mass is 392 g/mol. The summed E-state index contributed by atoms with van der Waals surface area (Å²) in [5.74, 6) is 2.43. The number of imidazole rings is 1. The first-order chi connectivity index (χ1) is 13.1. The summed E-state index contributed by atoms with van der Waals surface area (Å²) in [4.78, 5) is 6.99. The summed E-state index contributed by atoms with van der Waals surface area (Å²) in [6.45, 7) is 8.83. The Kier molecular flexibility index (Phi) is 6.99. The van der Waals surface area contributed by atoms with Crippen molar-refractivity contribution in [1.29, 1.82) is 0 Å². The van der Waals surface area contributed by atoms with Crippen LogP contribution in [-0.4, -0.2) is 47.3 Å². The molecule has 1 aromatic heterocycles. The van der Waals surface area contributed by atoms with Crippen molar-refractivity contribution in [2.24, 2.45) is 7.05 Å². The smallest absolute Gasteiger partial charge is 0.179 e. The molecule has 0 spiro atoms. The van der Waals surface area contributed by atoms with E-state index in [2.05, 4.69) is 32.8 Å². The van der Waals surface area contributed by atoms with Crippen molar-refractivity contribution in [2.45, 2.75) is 32.9 Å². The van der Waals surface area contributed by atoms with Crippen LogP contribution in [0.3, 0.4) is 0 Å². The number of piperazine rings is 1. The van der Waals surface area contributed by atoms with Crippen LogP contribution in [0.5, 0.6) is 11.5 Å². The van der Waals surface area contributed by atoms with Gasteiger partial charge in [-0.1, -0.05) is 18.5 Å². The number of nitrogens with one attached hydrogen (secondary N) is 1. The molecule has 0 radical (unpaired) electrons. The van der Waals surface area contributed by atoms with E-state index in [1.54, 1.807) is 0 Å². The van der Waals surface area contributed by atoms with Gasteiger partial charge in [0.2, 0.25) is 0 Å². The lowest BCUT2D eigenvalue weighted by molar-refractivity contribution is 0.144. The average molecular weight is 393 g/mol. The van der Waals surface area contributed by atoms with E-state index in [1.165, 1.54) is 0 Å². The Morgan fingerprint density at radius 1 is 1.30 bits per heavy atom. The van der Waals surface area contributed by atoms with Crippen molar-refractivity contribution in [2.75, 3.05) is 32.8 Å². The summed E-state index contributed by atoms with van der Waals surface area (Å²) >= 11 is 6.53. The number of hydrogen-bond donors (Lipinski definition) is 1. The molecule has 0 saturated carbocycles. The molecule has 1 N–H and O–H groups in total. The standard InChI is InChI=1S/C20H29ClN4O2/c1-4-10-27-19-16(21)11-15(12-18(19)26-5-2)14-25-9-6-22-13-17(25)20-23-7-8-24(20)3/h7-8,11-12,17,22H,4-6,9-10,13-14H2,1-3H3. The number of benzene rings is 1. The summed E-state index contributed by atoms with van der Waals surface area (Å²) < 4.78 is 13.7. The van der Waals surface area contributed by atoms with Gasteiger partial charge in [0.25, 0.3) is 0 Å². The summed E-state index contributed by atoms with van der Waals surface area (Å²) in [5, 5.41) is 4.08. The van der Waals surface area contributed by atoms with Gasteiger partial charge < -0.3 is 19.4 Å². The number of nitrogens with zero attached hydrogens (tertiary/aromatic N) is 3. The van der Waals surface area contributed by atoms with Crippen molar-refractivity contribution in [1.82, 2.24) is 19.8 Å². The summed E-state index contributed by atoms with van der Waals surface area (Å²) in [6.07, 6.45) is 4.77. The predicted octanol–water partition coefficient (Wildman–Crippen LogP) is 3.41. The van der Waals surface area contributed by atoms with E-state index in [0.29, 0.717) is 24.0 Å². The van der Waals surface area contributed by atoms with Crippen molar-refractivity contribution in [3.05, 3.63) is 40.9 Å². The second kappa shape index (κ2) is 9.44. The maximum Gasteiger partial charge on any atom is 0.179 e. The summed E-state index contributed by atoms with van der Waals surface area (Å²) in [6, 6.07) is 4.27. The van der Waals surface area contributed by atoms with Gasteiger partial charge in [-0.2, -0.15) is 0 Å². The van der Waals surface area contributed by atoms with Crippen LogP contribution in [0, 0.1) is 0 Å². The van der Waals surface area contributed by atoms with E-state index >= 15 is 0 Å². The maximum atomic E-state index is 6.53. The fraction of sp³-hybridized carbons (Fsp3) is 0.550. The van der Waals surface area contributed by atoms with Crippen LogP contribution >= 0.6 is 11.6 Å². The molecule has 148 valence electrons. The lowest BCUT2D eigenvalue weighted by Crippen LogP contribution is -2.46.